The standard InChI is InChI=1S/C13H12FNO3S/c14-12-6-1-2-7-13(12)19(17,18)15-11-5-3-4-10(8-11)9-16/h1-8,15-16H,9H2. The first-order valence-electron chi connectivity index (χ1n) is 5.50. The first-order chi connectivity index (χ1) is 9.03. The van der Waals surface area contributed by atoms with Crippen LogP contribution in [-0.4, -0.2) is 13.5 Å². The molecular formula is C13H12FNO3S. The van der Waals surface area contributed by atoms with Crippen LogP contribution in [-0.2, 0) is 16.6 Å². The lowest BCUT2D eigenvalue weighted by Gasteiger charge is -2.09. The highest BCUT2D eigenvalue weighted by molar-refractivity contribution is 7.92. The highest BCUT2D eigenvalue weighted by atomic mass is 32.2. The number of hydrogen-bond acceptors (Lipinski definition) is 3. The number of aliphatic hydroxyl groups is 1. The molecule has 0 atom stereocenters. The number of sulfonamides is 1. The van der Waals surface area contributed by atoms with Crippen LogP contribution in [0.5, 0.6) is 0 Å². The van der Waals surface area contributed by atoms with Gasteiger partial charge in [0, 0.05) is 5.69 Å². The summed E-state index contributed by atoms with van der Waals surface area (Å²) < 4.78 is 39.8. The smallest absolute Gasteiger partial charge is 0.264 e. The molecular weight excluding hydrogens is 269 g/mol. The summed E-state index contributed by atoms with van der Waals surface area (Å²) in [6.45, 7) is -0.199. The average Bonchev–Trinajstić information content (AvgIpc) is 2.38. The van der Waals surface area contributed by atoms with E-state index < -0.39 is 20.7 Å². The minimum Gasteiger partial charge on any atom is -0.392 e. The van der Waals surface area contributed by atoms with Crippen LogP contribution < -0.4 is 4.72 Å². The highest BCUT2D eigenvalue weighted by Crippen LogP contribution is 2.19. The molecule has 0 spiro atoms. The molecule has 2 N–H and O–H groups in total. The van der Waals surface area contributed by atoms with Crippen molar-refractivity contribution < 1.29 is 17.9 Å². The molecule has 0 aromatic heterocycles. The lowest BCUT2D eigenvalue weighted by Crippen LogP contribution is -2.14. The molecule has 0 aliphatic carbocycles. The number of rotatable bonds is 4. The number of halogens is 1. The summed E-state index contributed by atoms with van der Waals surface area (Å²) in [7, 11) is -3.98. The third kappa shape index (κ3) is 3.10. The van der Waals surface area contributed by atoms with E-state index >= 15 is 0 Å². The van der Waals surface area contributed by atoms with Gasteiger partial charge in [0.05, 0.1) is 6.61 Å². The Balaban J connectivity index is 2.34. The normalized spacial score (nSPS) is 11.3. The molecule has 6 heteroatoms. The Morgan fingerprint density at radius 2 is 1.84 bits per heavy atom. The largest absolute Gasteiger partial charge is 0.392 e. The molecule has 0 unspecified atom stereocenters. The topological polar surface area (TPSA) is 66.4 Å². The SMILES string of the molecule is O=S(=O)(Nc1cccc(CO)c1)c1ccccc1F. The lowest BCUT2D eigenvalue weighted by molar-refractivity contribution is 0.282. The van der Waals surface area contributed by atoms with Gasteiger partial charge in [-0.15, -0.1) is 0 Å². The van der Waals surface area contributed by atoms with Gasteiger partial charge in [0.1, 0.15) is 10.7 Å². The van der Waals surface area contributed by atoms with Crippen LogP contribution in [0.25, 0.3) is 0 Å². The maximum absolute atomic E-state index is 13.5. The maximum atomic E-state index is 13.5. The van der Waals surface area contributed by atoms with Gasteiger partial charge in [-0.3, -0.25) is 4.72 Å². The maximum Gasteiger partial charge on any atom is 0.264 e. The Bertz CT molecular complexity index is 686. The molecule has 0 aliphatic rings. The second-order valence-electron chi connectivity index (χ2n) is 3.89. The zero-order chi connectivity index (χ0) is 13.9. The summed E-state index contributed by atoms with van der Waals surface area (Å²) >= 11 is 0. The van der Waals surface area contributed by atoms with Crippen molar-refractivity contribution in [1.29, 1.82) is 0 Å². The summed E-state index contributed by atoms with van der Waals surface area (Å²) in [5.74, 6) is -0.812. The van der Waals surface area contributed by atoms with Gasteiger partial charge in [-0.05, 0) is 29.8 Å². The fourth-order valence-corrected chi connectivity index (χ4v) is 2.74. The zero-order valence-electron chi connectivity index (χ0n) is 9.88. The second kappa shape index (κ2) is 5.38. The minimum absolute atomic E-state index is 0.199. The zero-order valence-corrected chi connectivity index (χ0v) is 10.7. The van der Waals surface area contributed by atoms with Crippen LogP contribution in [0.3, 0.4) is 0 Å². The van der Waals surface area contributed by atoms with Gasteiger partial charge in [0.25, 0.3) is 10.0 Å². The van der Waals surface area contributed by atoms with Crippen LogP contribution >= 0.6 is 0 Å². The molecule has 100 valence electrons. The molecule has 19 heavy (non-hydrogen) atoms. The van der Waals surface area contributed by atoms with Gasteiger partial charge >= 0.3 is 0 Å². The molecule has 0 saturated heterocycles. The predicted molar refractivity (Wildman–Crippen MR) is 69.6 cm³/mol. The first kappa shape index (κ1) is 13.5. The average molecular weight is 281 g/mol. The summed E-state index contributed by atoms with van der Waals surface area (Å²) in [6.07, 6.45) is 0. The first-order valence-corrected chi connectivity index (χ1v) is 6.98. The van der Waals surface area contributed by atoms with Gasteiger partial charge in [0.2, 0.25) is 0 Å². The van der Waals surface area contributed by atoms with Gasteiger partial charge < -0.3 is 5.11 Å². The van der Waals surface area contributed by atoms with E-state index in [4.69, 9.17) is 5.11 Å². The van der Waals surface area contributed by atoms with E-state index in [2.05, 4.69) is 4.72 Å². The Labute approximate surface area is 110 Å². The number of anilines is 1. The highest BCUT2D eigenvalue weighted by Gasteiger charge is 2.18. The number of hydrogen-bond donors (Lipinski definition) is 2. The minimum atomic E-state index is -3.98. The van der Waals surface area contributed by atoms with Crippen molar-refractivity contribution in [3.8, 4) is 0 Å². The van der Waals surface area contributed by atoms with Crippen molar-refractivity contribution >= 4 is 15.7 Å². The molecule has 0 fully saturated rings. The molecule has 0 radical (unpaired) electrons. The van der Waals surface area contributed by atoms with Crippen molar-refractivity contribution in [3.05, 3.63) is 59.9 Å². The van der Waals surface area contributed by atoms with E-state index in [0.717, 1.165) is 6.07 Å². The van der Waals surface area contributed by atoms with Gasteiger partial charge in [-0.2, -0.15) is 0 Å². The van der Waals surface area contributed by atoms with E-state index in [0.29, 0.717) is 5.56 Å². The van der Waals surface area contributed by atoms with E-state index in [-0.39, 0.29) is 12.3 Å². The van der Waals surface area contributed by atoms with E-state index in [1.807, 2.05) is 0 Å². The number of aliphatic hydroxyl groups excluding tert-OH is 1. The van der Waals surface area contributed by atoms with Crippen molar-refractivity contribution in [3.63, 3.8) is 0 Å². The predicted octanol–water partition coefficient (Wildman–Crippen LogP) is 2.12. The Hall–Kier alpha value is -1.92. The Kier molecular flexibility index (Phi) is 3.82. The fraction of sp³-hybridized carbons (Fsp3) is 0.0769. The molecule has 2 aromatic rings. The van der Waals surface area contributed by atoms with Crippen LogP contribution in [0.1, 0.15) is 5.56 Å². The molecule has 4 nitrogen and oxygen atoms in total. The van der Waals surface area contributed by atoms with Crippen molar-refractivity contribution in [2.45, 2.75) is 11.5 Å². The summed E-state index contributed by atoms with van der Waals surface area (Å²) in [5, 5.41) is 8.98. The quantitative estimate of drug-likeness (QED) is 0.902. The van der Waals surface area contributed by atoms with Gasteiger partial charge in [-0.1, -0.05) is 24.3 Å². The molecule has 2 rings (SSSR count). The third-order valence-corrected chi connectivity index (χ3v) is 3.90. The van der Waals surface area contributed by atoms with E-state index in [1.165, 1.54) is 30.3 Å². The molecule has 0 amide bonds. The van der Waals surface area contributed by atoms with Crippen LogP contribution in [0.4, 0.5) is 10.1 Å². The van der Waals surface area contributed by atoms with Crippen molar-refractivity contribution in [1.82, 2.24) is 0 Å². The molecule has 0 heterocycles. The lowest BCUT2D eigenvalue weighted by atomic mass is 10.2. The van der Waals surface area contributed by atoms with Crippen LogP contribution in [0.2, 0.25) is 0 Å². The van der Waals surface area contributed by atoms with Gasteiger partial charge in [-0.25, -0.2) is 12.8 Å². The molecule has 0 bridgehead atoms. The second-order valence-corrected chi connectivity index (χ2v) is 5.55. The number of benzene rings is 2. The molecule has 0 aliphatic heterocycles. The Morgan fingerprint density at radius 3 is 2.53 bits per heavy atom. The van der Waals surface area contributed by atoms with Crippen molar-refractivity contribution in [2.24, 2.45) is 0 Å². The van der Waals surface area contributed by atoms with E-state index in [9.17, 15) is 12.8 Å². The van der Waals surface area contributed by atoms with Crippen LogP contribution in [0, 0.1) is 5.82 Å². The summed E-state index contributed by atoms with van der Waals surface area (Å²) in [5.41, 5.74) is 0.837. The number of nitrogens with one attached hydrogen (secondary N) is 1. The van der Waals surface area contributed by atoms with Crippen LogP contribution in [0.15, 0.2) is 53.4 Å². The monoisotopic (exact) mass is 281 g/mol. The molecule has 0 saturated carbocycles. The summed E-state index contributed by atoms with van der Waals surface area (Å²) in [6, 6.07) is 11.4. The van der Waals surface area contributed by atoms with Crippen molar-refractivity contribution in [2.75, 3.05) is 4.72 Å². The van der Waals surface area contributed by atoms with E-state index in [1.54, 1.807) is 12.1 Å². The Morgan fingerprint density at radius 1 is 1.11 bits per heavy atom. The van der Waals surface area contributed by atoms with Gasteiger partial charge in [0.15, 0.2) is 0 Å². The molecule has 2 aromatic carbocycles. The third-order valence-electron chi connectivity index (χ3n) is 2.49. The summed E-state index contributed by atoms with van der Waals surface area (Å²) in [4.78, 5) is -0.413. The fourth-order valence-electron chi connectivity index (χ4n) is 1.61.